The molecule has 0 radical (unpaired) electrons. The summed E-state index contributed by atoms with van der Waals surface area (Å²) in [6.07, 6.45) is 0. The van der Waals surface area contributed by atoms with Crippen LogP contribution in [-0.2, 0) is 0 Å². The average Bonchev–Trinajstić information content (AvgIpc) is 3.51. The molecule has 1 nitrogen and oxygen atoms in total. The van der Waals surface area contributed by atoms with Crippen LogP contribution in [0.2, 0.25) is 0 Å². The van der Waals surface area contributed by atoms with Crippen molar-refractivity contribution >= 4 is 43.3 Å². The maximum atomic E-state index is 6.94. The molecular formula is C44H28O. The highest BCUT2D eigenvalue weighted by atomic mass is 16.3. The molecule has 0 unspecified atom stereocenters. The smallest absolute Gasteiger partial charge is 0.143 e. The van der Waals surface area contributed by atoms with Gasteiger partial charge in [-0.05, 0) is 55.3 Å². The molecule has 0 saturated carbocycles. The third-order valence-electron chi connectivity index (χ3n) is 9.08. The van der Waals surface area contributed by atoms with Gasteiger partial charge in [0.25, 0.3) is 0 Å². The van der Waals surface area contributed by atoms with E-state index in [9.17, 15) is 0 Å². The lowest BCUT2D eigenvalue weighted by atomic mass is 9.83. The summed E-state index contributed by atoms with van der Waals surface area (Å²) in [6, 6.07) is 60.8. The zero-order valence-corrected chi connectivity index (χ0v) is 24.6. The molecule has 0 aliphatic heterocycles. The van der Waals surface area contributed by atoms with Crippen molar-refractivity contribution in [2.24, 2.45) is 0 Å². The molecule has 1 heterocycles. The van der Waals surface area contributed by atoms with Crippen molar-refractivity contribution in [1.82, 2.24) is 0 Å². The molecule has 0 atom stereocenters. The number of hydrogen-bond donors (Lipinski definition) is 0. The van der Waals surface area contributed by atoms with Crippen molar-refractivity contribution < 1.29 is 4.42 Å². The summed E-state index contributed by atoms with van der Waals surface area (Å²) in [5.41, 5.74) is 9.26. The molecule has 0 aliphatic rings. The van der Waals surface area contributed by atoms with Crippen molar-refractivity contribution in [1.29, 1.82) is 0 Å². The molecule has 0 fully saturated rings. The van der Waals surface area contributed by atoms with E-state index < -0.39 is 0 Å². The summed E-state index contributed by atoms with van der Waals surface area (Å²) >= 11 is 0. The van der Waals surface area contributed by atoms with Gasteiger partial charge in [0.15, 0.2) is 0 Å². The quantitative estimate of drug-likeness (QED) is 0.191. The van der Waals surface area contributed by atoms with Crippen LogP contribution < -0.4 is 0 Å². The highest BCUT2D eigenvalue weighted by molar-refractivity contribution is 6.26. The maximum absolute atomic E-state index is 6.94. The second-order valence-electron chi connectivity index (χ2n) is 11.6. The van der Waals surface area contributed by atoms with Crippen LogP contribution in [0.5, 0.6) is 0 Å². The van der Waals surface area contributed by atoms with Crippen LogP contribution in [0.15, 0.2) is 174 Å². The van der Waals surface area contributed by atoms with Gasteiger partial charge in [-0.3, -0.25) is 0 Å². The highest BCUT2D eigenvalue weighted by Gasteiger charge is 2.25. The van der Waals surface area contributed by atoms with Crippen LogP contribution >= 0.6 is 0 Å². The predicted octanol–water partition coefficient (Wildman–Crippen LogP) is 12.6. The predicted molar refractivity (Wildman–Crippen MR) is 190 cm³/mol. The van der Waals surface area contributed by atoms with Crippen LogP contribution in [0.3, 0.4) is 0 Å². The first-order valence-corrected chi connectivity index (χ1v) is 15.4. The molecule has 9 rings (SSSR count). The van der Waals surface area contributed by atoms with Crippen LogP contribution in [0.1, 0.15) is 0 Å². The lowest BCUT2D eigenvalue weighted by Gasteiger charge is -2.20. The Morgan fingerprint density at radius 2 is 0.778 bits per heavy atom. The van der Waals surface area contributed by atoms with E-state index in [2.05, 4.69) is 170 Å². The molecular weight excluding hydrogens is 544 g/mol. The Labute approximate surface area is 261 Å². The molecule has 1 heteroatoms. The summed E-state index contributed by atoms with van der Waals surface area (Å²) in [7, 11) is 0. The molecule has 0 N–H and O–H groups in total. The molecule has 0 saturated heterocycles. The number of fused-ring (bicyclic) bond motifs is 5. The second kappa shape index (κ2) is 10.4. The van der Waals surface area contributed by atoms with Gasteiger partial charge in [0.1, 0.15) is 11.3 Å². The molecule has 9 aromatic rings. The number of hydrogen-bond acceptors (Lipinski definition) is 1. The summed E-state index contributed by atoms with van der Waals surface area (Å²) in [4.78, 5) is 0. The molecule has 45 heavy (non-hydrogen) atoms. The Kier molecular flexibility index (Phi) is 5.89. The van der Waals surface area contributed by atoms with E-state index in [1.54, 1.807) is 0 Å². The molecule has 1 aromatic heterocycles. The van der Waals surface area contributed by atoms with Gasteiger partial charge < -0.3 is 4.42 Å². The summed E-state index contributed by atoms with van der Waals surface area (Å²) in [5.74, 6) is 0.898. The van der Waals surface area contributed by atoms with E-state index in [1.165, 1.54) is 54.7 Å². The monoisotopic (exact) mass is 572 g/mol. The summed E-state index contributed by atoms with van der Waals surface area (Å²) < 4.78 is 6.94. The molecule has 0 aliphatic carbocycles. The fraction of sp³-hybridized carbons (Fsp3) is 0. The third kappa shape index (κ3) is 4.02. The van der Waals surface area contributed by atoms with Crippen molar-refractivity contribution in [3.8, 4) is 44.7 Å². The van der Waals surface area contributed by atoms with Crippen LogP contribution in [0.4, 0.5) is 0 Å². The SMILES string of the molecule is c1ccc(-c2ccccc2-c2c3ccccc3c(-c3c(-c4ccccc4)oc4c3ccc3ccccc34)c3ccccc23)cc1. The van der Waals surface area contributed by atoms with Gasteiger partial charge in [0.2, 0.25) is 0 Å². The Bertz CT molecular complexity index is 2460. The average molecular weight is 573 g/mol. The molecule has 0 bridgehead atoms. The zero-order valence-electron chi connectivity index (χ0n) is 24.6. The van der Waals surface area contributed by atoms with Gasteiger partial charge in [-0.15, -0.1) is 0 Å². The van der Waals surface area contributed by atoms with E-state index in [0.29, 0.717) is 0 Å². The zero-order chi connectivity index (χ0) is 29.7. The first-order chi connectivity index (χ1) is 22.4. The lowest BCUT2D eigenvalue weighted by molar-refractivity contribution is 0.636. The van der Waals surface area contributed by atoms with Gasteiger partial charge in [-0.1, -0.05) is 164 Å². The van der Waals surface area contributed by atoms with Crippen LogP contribution in [0, 0.1) is 0 Å². The minimum atomic E-state index is 0.898. The largest absolute Gasteiger partial charge is 0.455 e. The van der Waals surface area contributed by atoms with E-state index in [-0.39, 0.29) is 0 Å². The molecule has 8 aromatic carbocycles. The normalized spacial score (nSPS) is 11.6. The Hall–Kier alpha value is -5.92. The highest BCUT2D eigenvalue weighted by Crippen LogP contribution is 2.51. The van der Waals surface area contributed by atoms with E-state index in [0.717, 1.165) is 33.2 Å². The van der Waals surface area contributed by atoms with Crippen molar-refractivity contribution in [3.05, 3.63) is 170 Å². The maximum Gasteiger partial charge on any atom is 0.143 e. The van der Waals surface area contributed by atoms with E-state index >= 15 is 0 Å². The van der Waals surface area contributed by atoms with Gasteiger partial charge in [-0.25, -0.2) is 0 Å². The minimum Gasteiger partial charge on any atom is -0.455 e. The van der Waals surface area contributed by atoms with Crippen molar-refractivity contribution in [2.75, 3.05) is 0 Å². The molecule has 0 amide bonds. The fourth-order valence-electron chi connectivity index (χ4n) is 7.12. The summed E-state index contributed by atoms with van der Waals surface area (Å²) in [6.45, 7) is 0. The third-order valence-corrected chi connectivity index (χ3v) is 9.08. The van der Waals surface area contributed by atoms with Crippen molar-refractivity contribution in [2.45, 2.75) is 0 Å². The van der Waals surface area contributed by atoms with Crippen LogP contribution in [-0.4, -0.2) is 0 Å². The Morgan fingerprint density at radius 1 is 0.289 bits per heavy atom. The standard InChI is InChI=1S/C44H28O/c1-3-15-29(16-4-1)32-20-9-10-22-34(32)40-35-23-11-13-25-37(35)41(38-26-14-12-24-36(38)40)42-39-28-27-30-17-7-8-21-33(30)44(39)45-43(42)31-18-5-2-6-19-31/h1-28H. The number of rotatable bonds is 4. The Balaban J connectivity index is 1.46. The van der Waals surface area contributed by atoms with E-state index in [4.69, 9.17) is 4.42 Å². The van der Waals surface area contributed by atoms with Gasteiger partial charge in [0.05, 0.1) is 0 Å². The minimum absolute atomic E-state index is 0.898. The van der Waals surface area contributed by atoms with Gasteiger partial charge in [-0.2, -0.15) is 0 Å². The molecule has 0 spiro atoms. The summed E-state index contributed by atoms with van der Waals surface area (Å²) in [5, 5.41) is 8.30. The first-order valence-electron chi connectivity index (χ1n) is 15.4. The van der Waals surface area contributed by atoms with Crippen LogP contribution in [0.25, 0.3) is 88.0 Å². The number of benzene rings is 8. The fourth-order valence-corrected chi connectivity index (χ4v) is 7.12. The topological polar surface area (TPSA) is 13.1 Å². The van der Waals surface area contributed by atoms with Crippen molar-refractivity contribution in [3.63, 3.8) is 0 Å². The Morgan fingerprint density at radius 3 is 1.42 bits per heavy atom. The van der Waals surface area contributed by atoms with Gasteiger partial charge in [0, 0.05) is 27.5 Å². The number of furan rings is 1. The first kappa shape index (κ1) is 25.6. The molecule has 210 valence electrons. The van der Waals surface area contributed by atoms with E-state index in [1.807, 2.05) is 0 Å². The second-order valence-corrected chi connectivity index (χ2v) is 11.6. The van der Waals surface area contributed by atoms with Gasteiger partial charge >= 0.3 is 0 Å². The lowest BCUT2D eigenvalue weighted by Crippen LogP contribution is -1.93.